The fourth-order valence-corrected chi connectivity index (χ4v) is 9.08. The quantitative estimate of drug-likeness (QED) is 0.0101. The highest BCUT2D eigenvalue weighted by molar-refractivity contribution is 6.06. The van der Waals surface area contributed by atoms with E-state index in [9.17, 15) is 67.7 Å². The third-order valence-electron chi connectivity index (χ3n) is 14.4. The molecule has 7 N–H and O–H groups in total. The number of fused-ring (bicyclic) bond motifs is 2. The molecule has 83 heavy (non-hydrogen) atoms. The predicted octanol–water partition coefficient (Wildman–Crippen LogP) is 6.60. The van der Waals surface area contributed by atoms with Crippen molar-refractivity contribution in [1.29, 1.82) is 0 Å². The topological polar surface area (TPSA) is 353 Å². The highest BCUT2D eigenvalue weighted by Gasteiger charge is 2.34. The summed E-state index contributed by atoms with van der Waals surface area (Å²) < 4.78 is 11.2. The summed E-state index contributed by atoms with van der Waals surface area (Å²) >= 11 is 0. The molecule has 8 atom stereocenters. The summed E-state index contributed by atoms with van der Waals surface area (Å²) in [5.74, 6) is -6.61. The number of aliphatic carboxylic acids is 1. The molecule has 22 heteroatoms. The van der Waals surface area contributed by atoms with E-state index in [0.29, 0.717) is 77.5 Å². The van der Waals surface area contributed by atoms with Crippen molar-refractivity contribution in [3.05, 3.63) is 88.6 Å². The number of H-pyrrole nitrogens is 1. The number of carboxylic acid groups (broad SMARTS) is 1. The number of amides is 3. The maximum Gasteiger partial charge on any atom is 0.303 e. The summed E-state index contributed by atoms with van der Waals surface area (Å²) in [7, 11) is 0. The number of ether oxygens (including phenoxy) is 1. The molecule has 0 fully saturated rings. The third kappa shape index (κ3) is 20.4. The van der Waals surface area contributed by atoms with Crippen LogP contribution in [-0.2, 0) is 54.4 Å². The summed E-state index contributed by atoms with van der Waals surface area (Å²) in [4.78, 5) is 154. The molecule has 0 unspecified atom stereocenters. The monoisotopic (exact) mass is 1150 g/mol. The van der Waals surface area contributed by atoms with E-state index < -0.39 is 65.4 Å². The molecule has 0 bridgehead atoms. The summed E-state index contributed by atoms with van der Waals surface area (Å²) in [5.41, 5.74) is 2.48. The molecule has 3 amide bonds. The largest absolute Gasteiger partial charge is 0.508 e. The molecule has 5 rings (SSSR count). The lowest BCUT2D eigenvalue weighted by Gasteiger charge is -2.25. The number of aliphatic hydroxyl groups excluding tert-OH is 1. The first kappa shape index (κ1) is 67.0. The van der Waals surface area contributed by atoms with Crippen molar-refractivity contribution in [1.82, 2.24) is 25.9 Å². The molecular weight excluding hydrogens is 1070 g/mol. The first-order chi connectivity index (χ1) is 39.2. The molecule has 2 aromatic carbocycles. The van der Waals surface area contributed by atoms with E-state index in [1.54, 1.807) is 38.1 Å². The van der Waals surface area contributed by atoms with Crippen molar-refractivity contribution < 1.29 is 77.2 Å². The maximum absolute atomic E-state index is 13.3. The summed E-state index contributed by atoms with van der Waals surface area (Å²) in [6.45, 7) is 12.4. The normalized spacial score (nSPS) is 14.0. The van der Waals surface area contributed by atoms with Crippen LogP contribution in [0.4, 0.5) is 0 Å². The van der Waals surface area contributed by atoms with Gasteiger partial charge < -0.3 is 50.2 Å². The van der Waals surface area contributed by atoms with E-state index in [0.717, 1.165) is 0 Å². The van der Waals surface area contributed by atoms with Gasteiger partial charge in [-0.1, -0.05) is 26.7 Å². The van der Waals surface area contributed by atoms with Gasteiger partial charge in [0, 0.05) is 108 Å². The fraction of sp³-hybridized carbons (Fsp3) is 0.459. The van der Waals surface area contributed by atoms with Crippen LogP contribution in [-0.4, -0.2) is 114 Å². The zero-order chi connectivity index (χ0) is 61.7. The Bertz CT molecular complexity index is 3160. The number of benzene rings is 3. The number of imidazole rings is 1. The van der Waals surface area contributed by atoms with Crippen LogP contribution >= 0.6 is 0 Å². The molecule has 0 saturated carbocycles. The second-order valence-electron chi connectivity index (χ2n) is 21.0. The third-order valence-corrected chi connectivity index (χ3v) is 14.4. The Kier molecular flexibility index (Phi) is 26.0. The second-order valence-corrected chi connectivity index (χ2v) is 21.0. The number of ketones is 6. The number of rotatable bonds is 33. The number of aliphatic hydroxyl groups is 1. The van der Waals surface area contributed by atoms with Gasteiger partial charge in [0.2, 0.25) is 17.7 Å². The lowest BCUT2D eigenvalue weighted by atomic mass is 9.89. The van der Waals surface area contributed by atoms with Gasteiger partial charge in [0.15, 0.2) is 28.6 Å². The number of phenolic OH excluding ortho intramolecular Hbond substituents is 1. The number of Topliss-reactive ketones (excluding diaryl/α,β-unsaturated/α-hetero) is 6. The van der Waals surface area contributed by atoms with E-state index >= 15 is 0 Å². The summed E-state index contributed by atoms with van der Waals surface area (Å²) in [6, 6.07) is 11.0. The van der Waals surface area contributed by atoms with Gasteiger partial charge >= 0.3 is 5.97 Å². The molecule has 2 aliphatic rings. The zero-order valence-electron chi connectivity index (χ0n) is 48.0. The van der Waals surface area contributed by atoms with Crippen LogP contribution in [0.1, 0.15) is 142 Å². The molecule has 3 aromatic rings. The van der Waals surface area contributed by atoms with E-state index in [4.69, 9.17) is 14.3 Å². The number of carbonyl (C=O) groups excluding carboxylic acids is 10. The average Bonchev–Trinajstić information content (AvgIpc) is 2.16. The molecule has 0 spiro atoms. The fourth-order valence-electron chi connectivity index (χ4n) is 9.08. The lowest BCUT2D eigenvalue weighted by molar-refractivity contribution is -0.138. The molecule has 1 aliphatic carbocycles. The van der Waals surface area contributed by atoms with Crippen molar-refractivity contribution in [2.24, 2.45) is 23.7 Å². The number of hydrogen-bond acceptors (Lipinski definition) is 17. The van der Waals surface area contributed by atoms with Crippen LogP contribution in [0, 0.1) is 23.7 Å². The number of aromatic nitrogens is 2. The van der Waals surface area contributed by atoms with Gasteiger partial charge in [-0.2, -0.15) is 0 Å². The number of unbranched alkanes of at least 4 members (excludes halogenated alkanes) is 2. The standard InChI is InChI=1S/C35H35NO9.C26H40N4O8/c1-20(38)15-24(35(43)36-21(2)22(3)39)7-5-4-6-8-30(42)23-9-14-31(44-19-37)29(16-23)34-27-12-10-25(40)17-32(27)45-33-18-26(41)11-13-28(33)34;1-6-14(2)25(37)29-15(3)22(33)11-20(17(5)32)26(38)30-21(10-19-12-27-13-28-19)23(34)9-18(16(4)31)7-8-24(35)36/h9-14,16-19,21,24,40H,4-8,15H2,1-3H3,(H,36,43);12-15,17-18,20-21,32H,6-11H2,1-5H3,(H,27,28)(H,29,37)(H,30,38)(H,35,36)/t21-,24+;14-,15+,17-,18-,20+,21+/m10/s1. The Morgan fingerprint density at radius 1 is 0.735 bits per heavy atom. The Balaban J connectivity index is 0.000000363. The van der Waals surface area contributed by atoms with Gasteiger partial charge in [-0.15, -0.1) is 0 Å². The zero-order valence-corrected chi connectivity index (χ0v) is 48.0. The SMILES string of the molecule is CC(=O)C[C@H](CCCCCC(=O)c1ccc(OC=O)c(-c2c3ccc(=O)cc-3oc3cc(O)ccc23)c1)C(=O)N[C@H](C)C(C)=O.CC[C@H](C)C(=O)N[C@H](C)C(=O)C[C@@H](C(=O)N[C@H](Cc1cnc[nH]1)C(=O)C[C@H](CCC(=O)O)C(C)=O)[C@H](C)O. The highest BCUT2D eigenvalue weighted by atomic mass is 16.5. The van der Waals surface area contributed by atoms with E-state index in [1.807, 2.05) is 6.92 Å². The molecule has 0 saturated heterocycles. The number of hydrogen-bond donors (Lipinski definition) is 7. The van der Waals surface area contributed by atoms with Crippen LogP contribution in [0.5, 0.6) is 11.5 Å². The lowest BCUT2D eigenvalue weighted by Crippen LogP contribution is -2.49. The van der Waals surface area contributed by atoms with Gasteiger partial charge in [0.05, 0.1) is 36.5 Å². The Morgan fingerprint density at radius 3 is 2.06 bits per heavy atom. The molecule has 0 radical (unpaired) electrons. The number of carboxylic acids is 1. The summed E-state index contributed by atoms with van der Waals surface area (Å²) in [6.07, 6.45) is 3.84. The van der Waals surface area contributed by atoms with Crippen LogP contribution in [0.15, 0.2) is 76.3 Å². The van der Waals surface area contributed by atoms with Crippen molar-refractivity contribution in [2.75, 3.05) is 0 Å². The highest BCUT2D eigenvalue weighted by Crippen LogP contribution is 2.44. The van der Waals surface area contributed by atoms with E-state index in [-0.39, 0.29) is 108 Å². The van der Waals surface area contributed by atoms with Crippen LogP contribution in [0.25, 0.3) is 33.4 Å². The predicted molar refractivity (Wildman–Crippen MR) is 304 cm³/mol. The maximum atomic E-state index is 13.3. The van der Waals surface area contributed by atoms with Crippen molar-refractivity contribution >= 4 is 75.8 Å². The molecule has 2 heterocycles. The molecule has 22 nitrogen and oxygen atoms in total. The van der Waals surface area contributed by atoms with Crippen molar-refractivity contribution in [3.8, 4) is 33.9 Å². The van der Waals surface area contributed by atoms with Crippen LogP contribution in [0.2, 0.25) is 0 Å². The smallest absolute Gasteiger partial charge is 0.303 e. The van der Waals surface area contributed by atoms with Crippen LogP contribution in [0.3, 0.4) is 0 Å². The van der Waals surface area contributed by atoms with Gasteiger partial charge in [0.25, 0.3) is 6.47 Å². The van der Waals surface area contributed by atoms with E-state index in [2.05, 4.69) is 25.9 Å². The second kappa shape index (κ2) is 32.2. The minimum Gasteiger partial charge on any atom is -0.508 e. The minimum absolute atomic E-state index is 0.00989. The Morgan fingerprint density at radius 2 is 1.45 bits per heavy atom. The average molecular weight is 1150 g/mol. The number of aromatic hydroxyl groups is 1. The molecule has 1 aliphatic heterocycles. The first-order valence-electron chi connectivity index (χ1n) is 27.6. The minimum atomic E-state index is -1.24. The molecule has 446 valence electrons. The van der Waals surface area contributed by atoms with Crippen molar-refractivity contribution in [3.63, 3.8) is 0 Å². The summed E-state index contributed by atoms with van der Waals surface area (Å²) in [5, 5.41) is 37.7. The number of phenols is 1. The Labute approximate surface area is 480 Å². The Hall–Kier alpha value is -8.53. The van der Waals surface area contributed by atoms with Crippen LogP contribution < -0.4 is 26.1 Å². The van der Waals surface area contributed by atoms with E-state index in [1.165, 1.54) is 77.5 Å². The number of nitrogens with zero attached hydrogens (tertiary/aromatic N) is 1. The van der Waals surface area contributed by atoms with Crippen molar-refractivity contribution in [2.45, 2.75) is 157 Å². The first-order valence-corrected chi connectivity index (χ1v) is 27.6. The number of carbonyl (C=O) groups is 11. The van der Waals surface area contributed by atoms with Gasteiger partial charge in [-0.25, -0.2) is 4.98 Å². The van der Waals surface area contributed by atoms with Gasteiger partial charge in [-0.05, 0) is 110 Å². The number of nitrogens with one attached hydrogen (secondary N) is 4. The number of aromatic amines is 1. The van der Waals surface area contributed by atoms with Gasteiger partial charge in [-0.3, -0.25) is 52.7 Å². The molecule has 1 aromatic heterocycles. The van der Waals surface area contributed by atoms with Gasteiger partial charge in [0.1, 0.15) is 34.4 Å². The molecular formula is C61H75N5O17.